The highest BCUT2D eigenvalue weighted by Gasteiger charge is 2.10. The van der Waals surface area contributed by atoms with Crippen molar-refractivity contribution in [3.63, 3.8) is 0 Å². The molecule has 0 heterocycles. The van der Waals surface area contributed by atoms with E-state index in [9.17, 15) is 9.90 Å². The third-order valence-corrected chi connectivity index (χ3v) is 4.15. The normalized spacial score (nSPS) is 10.2. The van der Waals surface area contributed by atoms with E-state index >= 15 is 0 Å². The molecule has 5 nitrogen and oxygen atoms in total. The molecule has 142 valence electrons. The number of benzene rings is 2. The van der Waals surface area contributed by atoms with Gasteiger partial charge in [-0.3, -0.25) is 0 Å². The molecule has 2 aromatic carbocycles. The van der Waals surface area contributed by atoms with Crippen LogP contribution < -0.4 is 4.74 Å². The predicted molar refractivity (Wildman–Crippen MR) is 103 cm³/mol. The fraction of sp³-hybridized carbons (Fsp3) is 0.364. The van der Waals surface area contributed by atoms with E-state index in [1.807, 2.05) is 12.1 Å². The molecule has 0 aliphatic rings. The Kier molecular flexibility index (Phi) is 8.72. The lowest BCUT2D eigenvalue weighted by molar-refractivity contribution is 0.0494. The molecule has 2 aromatic rings. The second kappa shape index (κ2) is 11.6. The Morgan fingerprint density at radius 2 is 1.52 bits per heavy atom. The van der Waals surface area contributed by atoms with Crippen molar-refractivity contribution in [2.75, 3.05) is 13.2 Å². The van der Waals surface area contributed by atoms with E-state index in [0.29, 0.717) is 18.8 Å². The standard InChI is InChI=1S/C22H25NO4/c23-17-18-11-13-19(14-12-18)26-15-7-3-1-2-4-8-16-27-22(25)20-9-5-6-10-21(20)24/h5-6,9-14,24H,1-4,7-8,15-16H2. The topological polar surface area (TPSA) is 79.5 Å². The zero-order valence-electron chi connectivity index (χ0n) is 15.4. The van der Waals surface area contributed by atoms with E-state index in [4.69, 9.17) is 14.7 Å². The Hall–Kier alpha value is -3.00. The quantitative estimate of drug-likeness (QED) is 0.454. The van der Waals surface area contributed by atoms with Gasteiger partial charge in [-0.1, -0.05) is 37.8 Å². The van der Waals surface area contributed by atoms with Crippen molar-refractivity contribution in [1.82, 2.24) is 0 Å². The number of carbonyl (C=O) groups is 1. The van der Waals surface area contributed by atoms with Crippen LogP contribution in [0.25, 0.3) is 0 Å². The van der Waals surface area contributed by atoms with Crippen LogP contribution in [0.1, 0.15) is 54.4 Å². The van der Waals surface area contributed by atoms with E-state index in [-0.39, 0.29) is 11.3 Å². The molecule has 0 aliphatic carbocycles. The number of hydrogen-bond donors (Lipinski definition) is 1. The molecule has 0 aromatic heterocycles. The highest BCUT2D eigenvalue weighted by molar-refractivity contribution is 5.92. The number of carbonyl (C=O) groups excluding carboxylic acids is 1. The minimum atomic E-state index is -0.479. The van der Waals surface area contributed by atoms with Gasteiger partial charge in [-0.25, -0.2) is 4.79 Å². The second-order valence-corrected chi connectivity index (χ2v) is 6.26. The highest BCUT2D eigenvalue weighted by Crippen LogP contribution is 2.17. The smallest absolute Gasteiger partial charge is 0.341 e. The Bertz CT molecular complexity index is 750. The summed E-state index contributed by atoms with van der Waals surface area (Å²) in [6, 6.07) is 15.6. The minimum absolute atomic E-state index is 0.0503. The maximum atomic E-state index is 11.8. The van der Waals surface area contributed by atoms with Crippen molar-refractivity contribution in [2.24, 2.45) is 0 Å². The fourth-order valence-electron chi connectivity index (χ4n) is 2.62. The van der Waals surface area contributed by atoms with E-state index in [0.717, 1.165) is 44.3 Å². The average molecular weight is 367 g/mol. The molecule has 0 spiro atoms. The van der Waals surface area contributed by atoms with Gasteiger partial charge in [-0.2, -0.15) is 5.26 Å². The van der Waals surface area contributed by atoms with Gasteiger partial charge >= 0.3 is 5.97 Å². The molecule has 0 aliphatic heterocycles. The maximum absolute atomic E-state index is 11.8. The van der Waals surface area contributed by atoms with Gasteiger partial charge in [0.25, 0.3) is 0 Å². The van der Waals surface area contributed by atoms with Gasteiger partial charge in [0.15, 0.2) is 0 Å². The van der Waals surface area contributed by atoms with Crippen LogP contribution in [-0.2, 0) is 4.74 Å². The average Bonchev–Trinajstić information content (AvgIpc) is 2.70. The number of hydrogen-bond acceptors (Lipinski definition) is 5. The summed E-state index contributed by atoms with van der Waals surface area (Å²) in [5.74, 6) is 0.263. The predicted octanol–water partition coefficient (Wildman–Crippen LogP) is 4.84. The van der Waals surface area contributed by atoms with Crippen molar-refractivity contribution in [3.8, 4) is 17.6 Å². The molecule has 0 fully saturated rings. The summed E-state index contributed by atoms with van der Waals surface area (Å²) in [4.78, 5) is 11.8. The minimum Gasteiger partial charge on any atom is -0.507 e. The van der Waals surface area contributed by atoms with Gasteiger partial charge in [-0.15, -0.1) is 0 Å². The number of phenols is 1. The second-order valence-electron chi connectivity index (χ2n) is 6.26. The number of rotatable bonds is 11. The van der Waals surface area contributed by atoms with Gasteiger partial charge in [0, 0.05) is 0 Å². The number of ether oxygens (including phenoxy) is 2. The lowest BCUT2D eigenvalue weighted by atomic mass is 10.1. The maximum Gasteiger partial charge on any atom is 0.341 e. The Labute approximate surface area is 160 Å². The zero-order chi connectivity index (χ0) is 19.3. The van der Waals surface area contributed by atoms with Gasteiger partial charge in [0.2, 0.25) is 0 Å². The molecule has 27 heavy (non-hydrogen) atoms. The van der Waals surface area contributed by atoms with Gasteiger partial charge < -0.3 is 14.6 Å². The largest absolute Gasteiger partial charge is 0.507 e. The van der Waals surface area contributed by atoms with Gasteiger partial charge in [0.05, 0.1) is 24.8 Å². The molecule has 2 rings (SSSR count). The van der Waals surface area contributed by atoms with Crippen LogP contribution in [0.5, 0.6) is 11.5 Å². The van der Waals surface area contributed by atoms with E-state index in [1.54, 1.807) is 30.3 Å². The Balaban J connectivity index is 1.45. The lowest BCUT2D eigenvalue weighted by Crippen LogP contribution is -2.06. The zero-order valence-corrected chi connectivity index (χ0v) is 15.4. The number of para-hydroxylation sites is 1. The van der Waals surface area contributed by atoms with Crippen LogP contribution in [0.4, 0.5) is 0 Å². The van der Waals surface area contributed by atoms with Crippen molar-refractivity contribution in [1.29, 1.82) is 5.26 Å². The van der Waals surface area contributed by atoms with Crippen LogP contribution >= 0.6 is 0 Å². The summed E-state index contributed by atoms with van der Waals surface area (Å²) in [7, 11) is 0. The van der Waals surface area contributed by atoms with Crippen molar-refractivity contribution in [3.05, 3.63) is 59.7 Å². The van der Waals surface area contributed by atoms with E-state index < -0.39 is 5.97 Å². The molecule has 0 unspecified atom stereocenters. The van der Waals surface area contributed by atoms with Gasteiger partial charge in [0.1, 0.15) is 17.1 Å². The highest BCUT2D eigenvalue weighted by atomic mass is 16.5. The Morgan fingerprint density at radius 1 is 0.889 bits per heavy atom. The van der Waals surface area contributed by atoms with Crippen LogP contribution in [0.3, 0.4) is 0 Å². The van der Waals surface area contributed by atoms with Gasteiger partial charge in [-0.05, 0) is 49.2 Å². The number of aromatic hydroxyl groups is 1. The fourth-order valence-corrected chi connectivity index (χ4v) is 2.62. The number of nitrogens with zero attached hydrogens (tertiary/aromatic N) is 1. The number of unbranched alkanes of at least 4 members (excludes halogenated alkanes) is 5. The first-order valence-corrected chi connectivity index (χ1v) is 9.29. The van der Waals surface area contributed by atoms with Crippen LogP contribution in [0.15, 0.2) is 48.5 Å². The van der Waals surface area contributed by atoms with Crippen LogP contribution in [-0.4, -0.2) is 24.3 Å². The summed E-state index contributed by atoms with van der Waals surface area (Å²) in [5, 5.41) is 18.3. The first kappa shape index (κ1) is 20.3. The number of phenolic OH excluding ortho intramolecular Hbond substituents is 1. The first-order chi connectivity index (χ1) is 13.2. The third-order valence-electron chi connectivity index (χ3n) is 4.15. The number of nitriles is 1. The molecule has 0 bridgehead atoms. The summed E-state index contributed by atoms with van der Waals surface area (Å²) < 4.78 is 10.8. The first-order valence-electron chi connectivity index (χ1n) is 9.29. The third kappa shape index (κ3) is 7.41. The van der Waals surface area contributed by atoms with E-state index in [2.05, 4.69) is 6.07 Å². The summed E-state index contributed by atoms with van der Waals surface area (Å²) in [5.41, 5.74) is 0.841. The summed E-state index contributed by atoms with van der Waals surface area (Å²) >= 11 is 0. The van der Waals surface area contributed by atoms with Crippen LogP contribution in [0, 0.1) is 11.3 Å². The van der Waals surface area contributed by atoms with Crippen molar-refractivity contribution in [2.45, 2.75) is 38.5 Å². The monoisotopic (exact) mass is 367 g/mol. The molecule has 0 atom stereocenters. The molecule has 1 N–H and O–H groups in total. The van der Waals surface area contributed by atoms with E-state index in [1.165, 1.54) is 6.07 Å². The Morgan fingerprint density at radius 3 is 2.19 bits per heavy atom. The molecule has 0 saturated carbocycles. The summed E-state index contributed by atoms with van der Waals surface area (Å²) in [6.45, 7) is 1.04. The molecule has 5 heteroatoms. The van der Waals surface area contributed by atoms with Crippen molar-refractivity contribution < 1.29 is 19.4 Å². The number of esters is 1. The molecule has 0 saturated heterocycles. The summed E-state index contributed by atoms with van der Waals surface area (Å²) in [6.07, 6.45) is 6.11. The van der Waals surface area contributed by atoms with Crippen molar-refractivity contribution >= 4 is 5.97 Å². The molecule has 0 amide bonds. The van der Waals surface area contributed by atoms with Crippen LogP contribution in [0.2, 0.25) is 0 Å². The lowest BCUT2D eigenvalue weighted by Gasteiger charge is -2.07. The molecule has 0 radical (unpaired) electrons. The molecular weight excluding hydrogens is 342 g/mol. The SMILES string of the molecule is N#Cc1ccc(OCCCCCCCCOC(=O)c2ccccc2O)cc1. The molecular formula is C22H25NO4.